The van der Waals surface area contributed by atoms with Crippen molar-refractivity contribution in [2.75, 3.05) is 31.1 Å². The quantitative estimate of drug-likeness (QED) is 0.749. The first-order valence-electron chi connectivity index (χ1n) is 9.30. The third-order valence-corrected chi connectivity index (χ3v) is 6.31. The van der Waals surface area contributed by atoms with Gasteiger partial charge in [-0.2, -0.15) is 0 Å². The zero-order valence-corrected chi connectivity index (χ0v) is 16.6. The maximum Gasteiger partial charge on any atom is 0.317 e. The number of hydrogen-bond donors (Lipinski definition) is 1. The molecule has 5 nitrogen and oxygen atoms in total. The average molecular weight is 381 g/mol. The van der Waals surface area contributed by atoms with Gasteiger partial charge in [0, 0.05) is 32.7 Å². The highest BCUT2D eigenvalue weighted by atomic mass is 32.1. The first-order chi connectivity index (χ1) is 13.1. The van der Waals surface area contributed by atoms with Gasteiger partial charge in [0.05, 0.1) is 10.2 Å². The lowest BCUT2D eigenvalue weighted by atomic mass is 10.1. The van der Waals surface area contributed by atoms with E-state index in [4.69, 9.17) is 4.98 Å². The Morgan fingerprint density at radius 3 is 2.44 bits per heavy atom. The molecule has 2 heterocycles. The number of aryl methyl sites for hydroxylation is 2. The first-order valence-corrected chi connectivity index (χ1v) is 10.1. The van der Waals surface area contributed by atoms with Crippen LogP contribution in [0.3, 0.4) is 0 Å². The van der Waals surface area contributed by atoms with E-state index in [2.05, 4.69) is 36.2 Å². The van der Waals surface area contributed by atoms with Gasteiger partial charge in [0.2, 0.25) is 0 Å². The minimum Gasteiger partial charge on any atom is -0.345 e. The summed E-state index contributed by atoms with van der Waals surface area (Å²) in [6.45, 7) is 7.88. The number of nitrogens with one attached hydrogen (secondary N) is 1. The van der Waals surface area contributed by atoms with Crippen LogP contribution < -0.4 is 10.2 Å². The Balaban J connectivity index is 1.37. The van der Waals surface area contributed by atoms with Crippen molar-refractivity contribution in [2.24, 2.45) is 0 Å². The highest BCUT2D eigenvalue weighted by Gasteiger charge is 2.23. The van der Waals surface area contributed by atoms with Crippen LogP contribution in [0.15, 0.2) is 42.5 Å². The van der Waals surface area contributed by atoms with Crippen LogP contribution in [0, 0.1) is 13.8 Å². The third kappa shape index (κ3) is 3.76. The zero-order valence-electron chi connectivity index (χ0n) is 15.7. The van der Waals surface area contributed by atoms with Crippen molar-refractivity contribution in [3.8, 4) is 0 Å². The van der Waals surface area contributed by atoms with Crippen LogP contribution in [0.25, 0.3) is 10.2 Å². The lowest BCUT2D eigenvalue weighted by molar-refractivity contribution is 0.194. The fourth-order valence-corrected chi connectivity index (χ4v) is 4.53. The Morgan fingerprint density at radius 1 is 1.04 bits per heavy atom. The molecule has 1 aromatic heterocycles. The number of nitrogens with zero attached hydrogens (tertiary/aromatic N) is 3. The number of carbonyl (C=O) groups excluding carboxylic acids is 1. The molecule has 0 aliphatic carbocycles. The molecule has 0 saturated carbocycles. The summed E-state index contributed by atoms with van der Waals surface area (Å²) in [6.07, 6.45) is 0. The monoisotopic (exact) mass is 380 g/mol. The maximum atomic E-state index is 12.4. The summed E-state index contributed by atoms with van der Waals surface area (Å²) in [6, 6.07) is 14.3. The maximum absolute atomic E-state index is 12.4. The van der Waals surface area contributed by atoms with Crippen LogP contribution in [0.5, 0.6) is 0 Å². The average Bonchev–Trinajstić information content (AvgIpc) is 3.17. The highest BCUT2D eigenvalue weighted by molar-refractivity contribution is 7.22. The van der Waals surface area contributed by atoms with Gasteiger partial charge in [-0.05, 0) is 30.5 Å². The number of rotatable bonds is 3. The van der Waals surface area contributed by atoms with Crippen molar-refractivity contribution in [3.63, 3.8) is 0 Å². The summed E-state index contributed by atoms with van der Waals surface area (Å²) < 4.78 is 1.27. The van der Waals surface area contributed by atoms with E-state index in [-0.39, 0.29) is 6.03 Å². The van der Waals surface area contributed by atoms with Crippen LogP contribution in [0.1, 0.15) is 16.7 Å². The number of fused-ring (bicyclic) bond motifs is 1. The van der Waals surface area contributed by atoms with E-state index >= 15 is 0 Å². The van der Waals surface area contributed by atoms with Crippen molar-refractivity contribution >= 4 is 32.7 Å². The van der Waals surface area contributed by atoms with Crippen molar-refractivity contribution in [3.05, 3.63) is 59.2 Å². The summed E-state index contributed by atoms with van der Waals surface area (Å²) in [5.41, 5.74) is 4.72. The van der Waals surface area contributed by atoms with E-state index < -0.39 is 0 Å². The topological polar surface area (TPSA) is 48.5 Å². The molecule has 140 valence electrons. The molecule has 2 amide bonds. The van der Waals surface area contributed by atoms with Crippen molar-refractivity contribution in [1.82, 2.24) is 15.2 Å². The van der Waals surface area contributed by atoms with Gasteiger partial charge in [-0.1, -0.05) is 53.8 Å². The lowest BCUT2D eigenvalue weighted by Gasteiger charge is -2.34. The molecular weight excluding hydrogens is 356 g/mol. The minimum atomic E-state index is 0.00879. The molecule has 3 aromatic rings. The predicted molar refractivity (Wildman–Crippen MR) is 112 cm³/mol. The number of urea groups is 1. The Kier molecular flexibility index (Phi) is 4.99. The van der Waals surface area contributed by atoms with Crippen molar-refractivity contribution in [2.45, 2.75) is 20.4 Å². The lowest BCUT2D eigenvalue weighted by Crippen LogP contribution is -2.51. The molecule has 1 saturated heterocycles. The largest absolute Gasteiger partial charge is 0.345 e. The Bertz CT molecular complexity index is 906. The predicted octanol–water partition coefficient (Wildman–Crippen LogP) is 3.94. The fraction of sp³-hybridized carbons (Fsp3) is 0.333. The summed E-state index contributed by atoms with van der Waals surface area (Å²) in [7, 11) is 0. The summed E-state index contributed by atoms with van der Waals surface area (Å²) in [4.78, 5) is 21.5. The van der Waals surface area contributed by atoms with E-state index in [1.165, 1.54) is 15.8 Å². The first kappa shape index (κ1) is 17.8. The summed E-state index contributed by atoms with van der Waals surface area (Å²) >= 11 is 1.76. The van der Waals surface area contributed by atoms with E-state index in [1.807, 2.05) is 35.2 Å². The number of piperazine rings is 1. The molecule has 1 fully saturated rings. The smallest absolute Gasteiger partial charge is 0.317 e. The third-order valence-electron chi connectivity index (χ3n) is 5.05. The number of carbonyl (C=O) groups is 1. The second-order valence-electron chi connectivity index (χ2n) is 6.99. The Hall–Kier alpha value is -2.60. The van der Waals surface area contributed by atoms with Crippen LogP contribution in [0.2, 0.25) is 0 Å². The van der Waals surface area contributed by atoms with Crippen LogP contribution >= 0.6 is 11.3 Å². The number of hydrogen-bond acceptors (Lipinski definition) is 4. The van der Waals surface area contributed by atoms with E-state index in [0.29, 0.717) is 19.6 Å². The summed E-state index contributed by atoms with van der Waals surface area (Å²) in [5, 5.41) is 4.08. The van der Waals surface area contributed by atoms with Gasteiger partial charge in [-0.3, -0.25) is 0 Å². The van der Waals surface area contributed by atoms with E-state index in [9.17, 15) is 4.79 Å². The molecule has 1 aliphatic rings. The fourth-order valence-electron chi connectivity index (χ4n) is 3.37. The van der Waals surface area contributed by atoms with Gasteiger partial charge in [0.1, 0.15) is 0 Å². The normalized spacial score (nSPS) is 14.6. The molecule has 0 atom stereocenters. The Morgan fingerprint density at radius 2 is 1.74 bits per heavy atom. The van der Waals surface area contributed by atoms with Gasteiger partial charge in [-0.15, -0.1) is 0 Å². The molecule has 27 heavy (non-hydrogen) atoms. The summed E-state index contributed by atoms with van der Waals surface area (Å²) in [5.74, 6) is 0. The number of thiazole rings is 1. The van der Waals surface area contributed by atoms with Gasteiger partial charge in [-0.25, -0.2) is 9.78 Å². The number of benzene rings is 2. The second kappa shape index (κ2) is 7.56. The molecule has 0 unspecified atom stereocenters. The molecule has 0 bridgehead atoms. The number of anilines is 1. The van der Waals surface area contributed by atoms with Gasteiger partial charge in [0.25, 0.3) is 0 Å². The van der Waals surface area contributed by atoms with Gasteiger partial charge >= 0.3 is 6.03 Å². The van der Waals surface area contributed by atoms with E-state index in [1.54, 1.807) is 11.3 Å². The van der Waals surface area contributed by atoms with E-state index in [0.717, 1.165) is 29.3 Å². The molecule has 4 rings (SSSR count). The SMILES string of the molecule is Cc1ccc(C)c2sc(N3CCN(C(=O)NCc4ccccc4)CC3)nc12. The standard InChI is InChI=1S/C21H24N4OS/c1-15-8-9-16(2)19-18(15)23-21(27-19)25-12-10-24(11-13-25)20(26)22-14-17-6-4-3-5-7-17/h3-9H,10-14H2,1-2H3,(H,22,26). The van der Waals surface area contributed by atoms with Crippen LogP contribution in [-0.4, -0.2) is 42.1 Å². The van der Waals surface area contributed by atoms with Gasteiger partial charge in [0.15, 0.2) is 5.13 Å². The highest BCUT2D eigenvalue weighted by Crippen LogP contribution is 2.33. The molecular formula is C21H24N4OS. The molecule has 0 spiro atoms. The number of amides is 2. The second-order valence-corrected chi connectivity index (χ2v) is 7.97. The van der Waals surface area contributed by atoms with Crippen LogP contribution in [0.4, 0.5) is 9.93 Å². The zero-order chi connectivity index (χ0) is 18.8. The number of aromatic nitrogens is 1. The minimum absolute atomic E-state index is 0.00879. The van der Waals surface area contributed by atoms with Gasteiger partial charge < -0.3 is 15.1 Å². The molecule has 2 aromatic carbocycles. The van der Waals surface area contributed by atoms with Crippen LogP contribution in [-0.2, 0) is 6.54 Å². The molecule has 0 radical (unpaired) electrons. The molecule has 1 N–H and O–H groups in total. The Labute approximate surface area is 163 Å². The molecule has 6 heteroatoms. The van der Waals surface area contributed by atoms with Crippen molar-refractivity contribution in [1.29, 1.82) is 0 Å². The van der Waals surface area contributed by atoms with Crippen molar-refractivity contribution < 1.29 is 4.79 Å². The molecule has 1 aliphatic heterocycles.